The summed E-state index contributed by atoms with van der Waals surface area (Å²) < 4.78 is 0. The second-order valence-corrected chi connectivity index (χ2v) is 9.19. The first kappa shape index (κ1) is 15.2. The molecule has 124 valence electrons. The summed E-state index contributed by atoms with van der Waals surface area (Å²) in [6.45, 7) is 4.49. The molecule has 0 amide bonds. The van der Waals surface area contributed by atoms with Gasteiger partial charge in [0.2, 0.25) is 0 Å². The van der Waals surface area contributed by atoms with Crippen LogP contribution >= 0.6 is 0 Å². The molecule has 4 saturated carbocycles. The number of Topliss-reactive ketones (excluding diaryl/α,β-unsaturated/α-hetero) is 1. The predicted octanol–water partition coefficient (Wildman–Crippen LogP) is 4.21. The van der Waals surface area contributed by atoms with Crippen LogP contribution in [0.15, 0.2) is 0 Å². The third kappa shape index (κ3) is 2.12. The van der Waals surface area contributed by atoms with E-state index in [9.17, 15) is 9.90 Å². The number of carbonyl (C=O) groups excluding carboxylic acids is 1. The Morgan fingerprint density at radius 1 is 1.05 bits per heavy atom. The molecule has 0 bridgehead atoms. The summed E-state index contributed by atoms with van der Waals surface area (Å²) in [4.78, 5) is 11.8. The van der Waals surface area contributed by atoms with Gasteiger partial charge >= 0.3 is 0 Å². The zero-order valence-corrected chi connectivity index (χ0v) is 14.3. The Labute approximate surface area is 135 Å². The molecule has 4 rings (SSSR count). The molecule has 2 heteroatoms. The quantitative estimate of drug-likeness (QED) is 0.788. The van der Waals surface area contributed by atoms with Crippen LogP contribution in [-0.2, 0) is 4.79 Å². The van der Waals surface area contributed by atoms with E-state index in [2.05, 4.69) is 6.92 Å². The summed E-state index contributed by atoms with van der Waals surface area (Å²) in [5.41, 5.74) is 0.382. The fraction of sp³-hybridized carbons (Fsp3) is 0.950. The lowest BCUT2D eigenvalue weighted by molar-refractivity contribution is -0.128. The molecule has 1 N–H and O–H groups in total. The molecular formula is C20H32O2. The summed E-state index contributed by atoms with van der Waals surface area (Å²) in [6, 6.07) is 0. The van der Waals surface area contributed by atoms with Gasteiger partial charge in [0.25, 0.3) is 0 Å². The second-order valence-electron chi connectivity index (χ2n) is 9.19. The molecule has 0 heterocycles. The SMILES string of the molecule is CC(O)[C@H]1CC[C@H]2[C@@H]3CC[C@@H]4CC(=O)CC[C@@H]4[C@H]3CC[C@]12C. The molecule has 8 atom stereocenters. The van der Waals surface area contributed by atoms with Crippen molar-refractivity contribution in [1.29, 1.82) is 0 Å². The summed E-state index contributed by atoms with van der Waals surface area (Å²) in [7, 11) is 0. The van der Waals surface area contributed by atoms with Gasteiger partial charge in [-0.1, -0.05) is 6.92 Å². The zero-order valence-electron chi connectivity index (χ0n) is 14.3. The summed E-state index contributed by atoms with van der Waals surface area (Å²) in [5.74, 6) is 5.20. The van der Waals surface area contributed by atoms with Crippen LogP contribution in [0, 0.1) is 40.9 Å². The van der Waals surface area contributed by atoms with Crippen molar-refractivity contribution in [3.8, 4) is 0 Å². The highest BCUT2D eigenvalue weighted by Crippen LogP contribution is 2.64. The maximum absolute atomic E-state index is 11.8. The Morgan fingerprint density at radius 2 is 1.86 bits per heavy atom. The number of hydrogen-bond acceptors (Lipinski definition) is 2. The van der Waals surface area contributed by atoms with Crippen molar-refractivity contribution in [2.75, 3.05) is 0 Å². The Bertz CT molecular complexity index is 457. The molecule has 1 unspecified atom stereocenters. The normalized spacial score (nSPS) is 52.6. The Hall–Kier alpha value is -0.370. The van der Waals surface area contributed by atoms with Gasteiger partial charge in [-0.05, 0) is 92.8 Å². The zero-order chi connectivity index (χ0) is 15.5. The predicted molar refractivity (Wildman–Crippen MR) is 87.3 cm³/mol. The molecule has 4 aliphatic carbocycles. The van der Waals surface area contributed by atoms with Crippen LogP contribution in [0.3, 0.4) is 0 Å². The van der Waals surface area contributed by atoms with Gasteiger partial charge in [0.15, 0.2) is 0 Å². The third-order valence-corrected chi connectivity index (χ3v) is 8.42. The largest absolute Gasteiger partial charge is 0.393 e. The van der Waals surface area contributed by atoms with Crippen molar-refractivity contribution in [2.24, 2.45) is 40.9 Å². The number of ketones is 1. The van der Waals surface area contributed by atoms with Crippen molar-refractivity contribution in [2.45, 2.75) is 77.7 Å². The highest BCUT2D eigenvalue weighted by atomic mass is 16.3. The first-order valence-electron chi connectivity index (χ1n) is 9.70. The van der Waals surface area contributed by atoms with E-state index in [0.717, 1.165) is 36.5 Å². The van der Waals surface area contributed by atoms with Crippen LogP contribution < -0.4 is 0 Å². The minimum absolute atomic E-state index is 0.143. The van der Waals surface area contributed by atoms with Gasteiger partial charge in [0, 0.05) is 12.8 Å². The second kappa shape index (κ2) is 5.33. The number of aliphatic hydroxyl groups excluding tert-OH is 1. The maximum atomic E-state index is 11.8. The third-order valence-electron chi connectivity index (χ3n) is 8.42. The molecule has 0 aliphatic heterocycles. The van der Waals surface area contributed by atoms with Gasteiger partial charge < -0.3 is 5.11 Å². The maximum Gasteiger partial charge on any atom is 0.133 e. The van der Waals surface area contributed by atoms with Crippen LogP contribution in [0.4, 0.5) is 0 Å². The van der Waals surface area contributed by atoms with Crippen molar-refractivity contribution < 1.29 is 9.90 Å². The number of carbonyl (C=O) groups is 1. The Balaban J connectivity index is 1.56. The lowest BCUT2D eigenvalue weighted by Crippen LogP contribution is -2.49. The van der Waals surface area contributed by atoms with E-state index in [-0.39, 0.29) is 6.10 Å². The van der Waals surface area contributed by atoms with E-state index in [1.165, 1.54) is 44.9 Å². The van der Waals surface area contributed by atoms with E-state index in [0.29, 0.717) is 23.0 Å². The van der Waals surface area contributed by atoms with Crippen LogP contribution in [0.1, 0.15) is 71.6 Å². The lowest BCUT2D eigenvalue weighted by Gasteiger charge is -2.55. The molecule has 0 aromatic heterocycles. The highest BCUT2D eigenvalue weighted by Gasteiger charge is 2.57. The van der Waals surface area contributed by atoms with Crippen molar-refractivity contribution in [3.05, 3.63) is 0 Å². The molecule has 4 aliphatic rings. The van der Waals surface area contributed by atoms with Gasteiger partial charge in [-0.3, -0.25) is 4.79 Å². The van der Waals surface area contributed by atoms with E-state index < -0.39 is 0 Å². The average Bonchev–Trinajstić information content (AvgIpc) is 2.84. The number of aliphatic hydroxyl groups is 1. The number of hydrogen-bond donors (Lipinski definition) is 1. The van der Waals surface area contributed by atoms with Gasteiger partial charge in [-0.15, -0.1) is 0 Å². The Morgan fingerprint density at radius 3 is 2.64 bits per heavy atom. The van der Waals surface area contributed by atoms with E-state index in [1.807, 2.05) is 6.92 Å². The Kier molecular flexibility index (Phi) is 3.67. The minimum Gasteiger partial charge on any atom is -0.393 e. The van der Waals surface area contributed by atoms with Gasteiger partial charge in [0.05, 0.1) is 6.10 Å². The van der Waals surface area contributed by atoms with Crippen LogP contribution in [0.25, 0.3) is 0 Å². The molecule has 0 aromatic carbocycles. The molecule has 0 saturated heterocycles. The van der Waals surface area contributed by atoms with Crippen LogP contribution in [0.2, 0.25) is 0 Å². The number of rotatable bonds is 1. The number of fused-ring (bicyclic) bond motifs is 5. The fourth-order valence-electron chi connectivity index (χ4n) is 7.49. The van der Waals surface area contributed by atoms with E-state index in [4.69, 9.17) is 0 Å². The first-order chi connectivity index (χ1) is 10.5. The summed E-state index contributed by atoms with van der Waals surface area (Å²) in [6.07, 6.45) is 10.6. The molecular weight excluding hydrogens is 272 g/mol. The van der Waals surface area contributed by atoms with Gasteiger partial charge in [-0.25, -0.2) is 0 Å². The molecule has 2 nitrogen and oxygen atoms in total. The molecule has 22 heavy (non-hydrogen) atoms. The van der Waals surface area contributed by atoms with Crippen molar-refractivity contribution in [1.82, 2.24) is 0 Å². The highest BCUT2D eigenvalue weighted by molar-refractivity contribution is 5.79. The van der Waals surface area contributed by atoms with Crippen LogP contribution in [-0.4, -0.2) is 17.0 Å². The van der Waals surface area contributed by atoms with Crippen molar-refractivity contribution >= 4 is 5.78 Å². The van der Waals surface area contributed by atoms with Gasteiger partial charge in [-0.2, -0.15) is 0 Å². The molecule has 4 fully saturated rings. The van der Waals surface area contributed by atoms with Crippen molar-refractivity contribution in [3.63, 3.8) is 0 Å². The van der Waals surface area contributed by atoms with Gasteiger partial charge in [0.1, 0.15) is 5.78 Å². The summed E-state index contributed by atoms with van der Waals surface area (Å²) in [5, 5.41) is 10.2. The van der Waals surface area contributed by atoms with E-state index >= 15 is 0 Å². The smallest absolute Gasteiger partial charge is 0.133 e. The topological polar surface area (TPSA) is 37.3 Å². The first-order valence-corrected chi connectivity index (χ1v) is 9.70. The lowest BCUT2D eigenvalue weighted by atomic mass is 9.49. The van der Waals surface area contributed by atoms with Crippen LogP contribution in [0.5, 0.6) is 0 Å². The minimum atomic E-state index is -0.143. The standard InChI is InChI=1S/C20H32O2/c1-12(21)18-7-8-19-17-5-3-13-11-14(22)4-6-15(13)16(17)9-10-20(18,19)2/h12-13,15-19,21H,3-11H2,1-2H3/t12?,13-,15+,16-,17-,18-,19+,20-/m1/s1. The monoisotopic (exact) mass is 304 g/mol. The van der Waals surface area contributed by atoms with E-state index in [1.54, 1.807) is 0 Å². The molecule has 0 radical (unpaired) electrons. The molecule has 0 aromatic rings. The molecule has 0 spiro atoms. The summed E-state index contributed by atoms with van der Waals surface area (Å²) >= 11 is 0. The average molecular weight is 304 g/mol. The fourth-order valence-corrected chi connectivity index (χ4v) is 7.49.